The van der Waals surface area contributed by atoms with Gasteiger partial charge in [-0.2, -0.15) is 5.26 Å². The molecule has 0 amide bonds. The molecule has 0 aliphatic carbocycles. The van der Waals surface area contributed by atoms with Gasteiger partial charge in [-0.25, -0.2) is 0 Å². The molecule has 1 N–H and O–H groups in total. The summed E-state index contributed by atoms with van der Waals surface area (Å²) < 4.78 is 0. The van der Waals surface area contributed by atoms with E-state index in [9.17, 15) is 0 Å². The molecule has 0 atom stereocenters. The zero-order valence-corrected chi connectivity index (χ0v) is 7.33. The van der Waals surface area contributed by atoms with Crippen LogP contribution >= 0.6 is 0 Å². The maximum absolute atomic E-state index is 8.96. The minimum absolute atomic E-state index is 0.00784. The van der Waals surface area contributed by atoms with Crippen molar-refractivity contribution < 1.29 is 5.11 Å². The van der Waals surface area contributed by atoms with Crippen molar-refractivity contribution in [2.24, 2.45) is 0 Å². The van der Waals surface area contributed by atoms with Crippen LogP contribution in [0.25, 0.3) is 0 Å². The second-order valence-electron chi connectivity index (χ2n) is 2.61. The lowest BCUT2D eigenvalue weighted by molar-refractivity contribution is 0.281. The largest absolute Gasteiger partial charge is 0.392 e. The van der Waals surface area contributed by atoms with Gasteiger partial charge >= 0.3 is 0 Å². The van der Waals surface area contributed by atoms with Gasteiger partial charge in [-0.15, -0.1) is 0 Å². The van der Waals surface area contributed by atoms with Crippen LogP contribution in [0.2, 0.25) is 0 Å². The summed E-state index contributed by atoms with van der Waals surface area (Å²) in [5.74, 6) is 5.05. The quantitative estimate of drug-likeness (QED) is 0.648. The van der Waals surface area contributed by atoms with Crippen molar-refractivity contribution in [3.8, 4) is 17.9 Å². The van der Waals surface area contributed by atoms with Gasteiger partial charge in [0, 0.05) is 11.5 Å². The van der Waals surface area contributed by atoms with E-state index in [0.29, 0.717) is 0 Å². The van der Waals surface area contributed by atoms with Gasteiger partial charge in [0.15, 0.2) is 6.07 Å². The fourth-order valence-corrected chi connectivity index (χ4v) is 1.09. The average molecular weight is 171 g/mol. The van der Waals surface area contributed by atoms with E-state index in [2.05, 4.69) is 11.8 Å². The molecule has 0 fully saturated rings. The zero-order valence-electron chi connectivity index (χ0n) is 7.33. The monoisotopic (exact) mass is 171 g/mol. The Bertz CT molecular complexity index is 404. The number of nitriles is 1. The van der Waals surface area contributed by atoms with Gasteiger partial charge < -0.3 is 5.11 Å². The van der Waals surface area contributed by atoms with Crippen LogP contribution in [0.15, 0.2) is 18.2 Å². The zero-order chi connectivity index (χ0) is 9.68. The topological polar surface area (TPSA) is 44.0 Å². The van der Waals surface area contributed by atoms with E-state index in [1.54, 1.807) is 6.07 Å². The van der Waals surface area contributed by atoms with Crippen LogP contribution in [0.5, 0.6) is 0 Å². The molecule has 1 aromatic rings. The number of nitrogens with zero attached hydrogens (tertiary/aromatic N) is 1. The summed E-state index contributed by atoms with van der Waals surface area (Å²) in [6, 6.07) is 7.25. The van der Waals surface area contributed by atoms with Crippen molar-refractivity contribution in [1.29, 1.82) is 5.26 Å². The maximum Gasteiger partial charge on any atom is 0.152 e. The lowest BCUT2D eigenvalue weighted by Gasteiger charge is -2.03. The van der Waals surface area contributed by atoms with Gasteiger partial charge in [0.25, 0.3) is 0 Å². The van der Waals surface area contributed by atoms with Gasteiger partial charge in [-0.05, 0) is 24.1 Å². The fraction of sp³-hybridized carbons (Fsp3) is 0.182. The molecule has 0 unspecified atom stereocenters. The highest BCUT2D eigenvalue weighted by molar-refractivity contribution is 5.46. The molecule has 1 aromatic carbocycles. The van der Waals surface area contributed by atoms with E-state index in [1.807, 2.05) is 25.1 Å². The van der Waals surface area contributed by atoms with Crippen molar-refractivity contribution >= 4 is 0 Å². The van der Waals surface area contributed by atoms with E-state index >= 15 is 0 Å². The van der Waals surface area contributed by atoms with Gasteiger partial charge in [-0.1, -0.05) is 18.1 Å². The molecule has 2 nitrogen and oxygen atoms in total. The predicted octanol–water partition coefficient (Wildman–Crippen LogP) is 1.36. The highest BCUT2D eigenvalue weighted by Gasteiger charge is 1.99. The predicted molar refractivity (Wildman–Crippen MR) is 49.6 cm³/mol. The van der Waals surface area contributed by atoms with Gasteiger partial charge in [-0.3, -0.25) is 0 Å². The van der Waals surface area contributed by atoms with Crippen LogP contribution in [0.4, 0.5) is 0 Å². The van der Waals surface area contributed by atoms with Crippen molar-refractivity contribution in [1.82, 2.24) is 0 Å². The van der Waals surface area contributed by atoms with Crippen LogP contribution < -0.4 is 0 Å². The van der Waals surface area contributed by atoms with Crippen molar-refractivity contribution in [3.63, 3.8) is 0 Å². The molecule has 0 aromatic heterocycles. The number of aliphatic hydroxyl groups is 1. The molecular formula is C11H9NO. The number of hydrogen-bond donors (Lipinski definition) is 1. The van der Waals surface area contributed by atoms with E-state index in [4.69, 9.17) is 10.4 Å². The van der Waals surface area contributed by atoms with Crippen LogP contribution in [0, 0.1) is 30.1 Å². The Morgan fingerprint density at radius 3 is 2.85 bits per heavy atom. The molecule has 0 aliphatic rings. The molecule has 64 valence electrons. The summed E-state index contributed by atoms with van der Waals surface area (Å²) in [7, 11) is 0. The van der Waals surface area contributed by atoms with E-state index in [0.717, 1.165) is 16.7 Å². The Morgan fingerprint density at radius 1 is 1.46 bits per heavy atom. The first-order valence-corrected chi connectivity index (χ1v) is 3.89. The summed E-state index contributed by atoms with van der Waals surface area (Å²) >= 11 is 0. The SMILES string of the molecule is Cc1c(C#CC#N)cccc1CO. The first-order chi connectivity index (χ1) is 6.29. The molecular weight excluding hydrogens is 162 g/mol. The average Bonchev–Trinajstić information content (AvgIpc) is 2.16. The summed E-state index contributed by atoms with van der Waals surface area (Å²) in [5.41, 5.74) is 2.59. The smallest absolute Gasteiger partial charge is 0.152 e. The van der Waals surface area contributed by atoms with Crippen LogP contribution in [0.1, 0.15) is 16.7 Å². The van der Waals surface area contributed by atoms with Gasteiger partial charge in [0.2, 0.25) is 0 Å². The summed E-state index contributed by atoms with van der Waals surface area (Å²) in [5, 5.41) is 17.2. The lowest BCUT2D eigenvalue weighted by Crippen LogP contribution is -1.91. The molecule has 0 aliphatic heterocycles. The van der Waals surface area contributed by atoms with E-state index in [1.165, 1.54) is 0 Å². The summed E-state index contributed by atoms with van der Waals surface area (Å²) in [6.45, 7) is 1.89. The Morgan fingerprint density at radius 2 is 2.23 bits per heavy atom. The molecule has 0 radical (unpaired) electrons. The Balaban J connectivity index is 3.17. The van der Waals surface area contributed by atoms with E-state index < -0.39 is 0 Å². The molecule has 0 heterocycles. The van der Waals surface area contributed by atoms with Crippen molar-refractivity contribution in [3.05, 3.63) is 34.9 Å². The van der Waals surface area contributed by atoms with Crippen LogP contribution in [0.3, 0.4) is 0 Å². The first kappa shape index (κ1) is 9.32. The summed E-state index contributed by atoms with van der Waals surface area (Å²) in [6.07, 6.45) is 0. The fourth-order valence-electron chi connectivity index (χ4n) is 1.09. The van der Waals surface area contributed by atoms with E-state index in [-0.39, 0.29) is 6.61 Å². The number of benzene rings is 1. The molecule has 0 saturated carbocycles. The molecule has 13 heavy (non-hydrogen) atoms. The van der Waals surface area contributed by atoms with Crippen LogP contribution in [-0.4, -0.2) is 5.11 Å². The normalized spacial score (nSPS) is 8.38. The van der Waals surface area contributed by atoms with Crippen molar-refractivity contribution in [2.45, 2.75) is 13.5 Å². The third-order valence-corrected chi connectivity index (χ3v) is 1.87. The number of aliphatic hydroxyl groups excluding tert-OH is 1. The molecule has 2 heteroatoms. The Hall–Kier alpha value is -1.77. The first-order valence-electron chi connectivity index (χ1n) is 3.89. The van der Waals surface area contributed by atoms with Crippen molar-refractivity contribution in [2.75, 3.05) is 0 Å². The summed E-state index contributed by atoms with van der Waals surface area (Å²) in [4.78, 5) is 0. The third kappa shape index (κ3) is 2.08. The minimum atomic E-state index is 0.00784. The third-order valence-electron chi connectivity index (χ3n) is 1.87. The molecule has 0 saturated heterocycles. The second-order valence-corrected chi connectivity index (χ2v) is 2.61. The minimum Gasteiger partial charge on any atom is -0.392 e. The van der Waals surface area contributed by atoms with Gasteiger partial charge in [0.1, 0.15) is 0 Å². The molecule has 0 spiro atoms. The molecule has 0 bridgehead atoms. The standard InChI is InChI=1S/C11H9NO/c1-9-10(6-3-7-12)4-2-5-11(9)8-13/h2,4-5,13H,8H2,1H3. The van der Waals surface area contributed by atoms with Gasteiger partial charge in [0.05, 0.1) is 6.61 Å². The maximum atomic E-state index is 8.96. The Labute approximate surface area is 77.4 Å². The van der Waals surface area contributed by atoms with Crippen LogP contribution in [-0.2, 0) is 6.61 Å². The number of rotatable bonds is 1. The highest BCUT2D eigenvalue weighted by atomic mass is 16.3. The second kappa shape index (κ2) is 4.30. The molecule has 1 rings (SSSR count). The highest BCUT2D eigenvalue weighted by Crippen LogP contribution is 2.12. The lowest BCUT2D eigenvalue weighted by atomic mass is 10.0. The number of hydrogen-bond acceptors (Lipinski definition) is 2. The Kier molecular flexibility index (Phi) is 3.09.